The third-order valence-electron chi connectivity index (χ3n) is 6.87. The van der Waals surface area contributed by atoms with Crippen LogP contribution >= 0.6 is 11.8 Å². The van der Waals surface area contributed by atoms with Crippen LogP contribution in [0.3, 0.4) is 0 Å². The van der Waals surface area contributed by atoms with Crippen LogP contribution < -0.4 is 33.2 Å². The molecule has 16 heteroatoms. The van der Waals surface area contributed by atoms with Gasteiger partial charge in [0.05, 0.1) is 12.4 Å². The van der Waals surface area contributed by atoms with Crippen LogP contribution in [0.1, 0.15) is 30.5 Å². The van der Waals surface area contributed by atoms with E-state index in [-0.39, 0.29) is 31.8 Å². The average Bonchev–Trinajstić information content (AvgIpc) is 3.66. The average molecular weight is 629 g/mol. The molecule has 44 heavy (non-hydrogen) atoms. The lowest BCUT2D eigenvalue weighted by Crippen LogP contribution is -2.58. The van der Waals surface area contributed by atoms with E-state index in [1.54, 1.807) is 18.0 Å². The fourth-order valence-corrected chi connectivity index (χ4v) is 5.01. The van der Waals surface area contributed by atoms with Gasteiger partial charge in [0, 0.05) is 48.4 Å². The fraction of sp³-hybridized carbons (Fsp3) is 0.429. The number of amides is 3. The van der Waals surface area contributed by atoms with Crippen LogP contribution in [0.15, 0.2) is 48.0 Å². The van der Waals surface area contributed by atoms with Crippen molar-refractivity contribution in [3.63, 3.8) is 0 Å². The van der Waals surface area contributed by atoms with E-state index < -0.39 is 47.9 Å². The molecule has 0 radical (unpaired) electrons. The number of imidazole rings is 1. The predicted molar refractivity (Wildman–Crippen MR) is 169 cm³/mol. The smallest absolute Gasteiger partial charge is 0.326 e. The van der Waals surface area contributed by atoms with Crippen LogP contribution in [-0.4, -0.2) is 92.4 Å². The standard InChI is InChI=1S/C28H40N10O5S/c1-44-10-8-19(29)24(39)37-22(11-16-13-34-20-6-3-2-5-18(16)20)25(40)38-23(12-17-14-32-15-35-17)26(41)36-21(27(42)43)7-4-9-33-28(30)31/h2-3,5-6,13-15,19,21-23,34H,4,7-12,29H2,1H3,(H,32,35)(H,36,41)(H,37,39)(H,38,40)(H,42,43)(H4,30,31,33). The second-order valence-electron chi connectivity index (χ2n) is 10.2. The van der Waals surface area contributed by atoms with E-state index >= 15 is 0 Å². The van der Waals surface area contributed by atoms with Crippen LogP contribution in [0.4, 0.5) is 0 Å². The van der Waals surface area contributed by atoms with Gasteiger partial charge >= 0.3 is 5.97 Å². The number of nitrogens with two attached hydrogens (primary N) is 3. The molecule has 238 valence electrons. The molecule has 0 saturated carbocycles. The topological polar surface area (TPSA) is 259 Å². The number of carbonyl (C=O) groups excluding carboxylic acids is 3. The second-order valence-corrected chi connectivity index (χ2v) is 11.2. The van der Waals surface area contributed by atoms with Gasteiger partial charge in [0.1, 0.15) is 18.1 Å². The van der Waals surface area contributed by atoms with Gasteiger partial charge < -0.3 is 48.2 Å². The molecule has 3 amide bonds. The Kier molecular flexibility index (Phi) is 13.0. The maximum absolute atomic E-state index is 13.8. The van der Waals surface area contributed by atoms with Gasteiger partial charge in [0.15, 0.2) is 5.96 Å². The number of aromatic amines is 2. The lowest BCUT2D eigenvalue weighted by Gasteiger charge is -2.25. The summed E-state index contributed by atoms with van der Waals surface area (Å²) in [5, 5.41) is 18.6. The van der Waals surface area contributed by atoms with E-state index in [1.807, 2.05) is 30.5 Å². The highest BCUT2D eigenvalue weighted by molar-refractivity contribution is 7.98. The molecule has 0 aliphatic carbocycles. The molecule has 1 aromatic carbocycles. The largest absolute Gasteiger partial charge is 0.480 e. The number of carboxylic acids is 1. The number of carboxylic acid groups (broad SMARTS) is 1. The van der Waals surface area contributed by atoms with Gasteiger partial charge in [-0.25, -0.2) is 9.78 Å². The maximum Gasteiger partial charge on any atom is 0.326 e. The first-order valence-corrected chi connectivity index (χ1v) is 15.4. The van der Waals surface area contributed by atoms with Crippen molar-refractivity contribution in [2.75, 3.05) is 18.6 Å². The Morgan fingerprint density at radius 1 is 0.977 bits per heavy atom. The highest BCUT2D eigenvalue weighted by Crippen LogP contribution is 2.19. The minimum Gasteiger partial charge on any atom is -0.480 e. The molecule has 2 heterocycles. The zero-order chi connectivity index (χ0) is 32.1. The number of hydrogen-bond donors (Lipinski definition) is 9. The Bertz CT molecular complexity index is 1420. The number of para-hydroxylation sites is 1. The number of aromatic nitrogens is 3. The summed E-state index contributed by atoms with van der Waals surface area (Å²) in [4.78, 5) is 65.9. The Morgan fingerprint density at radius 3 is 2.32 bits per heavy atom. The number of nitrogens with zero attached hydrogens (tertiary/aromatic N) is 2. The first-order valence-electron chi connectivity index (χ1n) is 14.0. The van der Waals surface area contributed by atoms with E-state index in [0.717, 1.165) is 16.5 Å². The number of hydrogen-bond acceptors (Lipinski definition) is 8. The summed E-state index contributed by atoms with van der Waals surface area (Å²) in [7, 11) is 0. The number of H-pyrrole nitrogens is 2. The molecule has 4 atom stereocenters. The third kappa shape index (κ3) is 10.3. The Morgan fingerprint density at radius 2 is 1.66 bits per heavy atom. The fourth-order valence-electron chi connectivity index (χ4n) is 4.52. The minimum absolute atomic E-state index is 0.0150. The number of guanidine groups is 1. The second kappa shape index (κ2) is 16.9. The summed E-state index contributed by atoms with van der Waals surface area (Å²) in [6, 6.07) is 3.16. The van der Waals surface area contributed by atoms with Crippen molar-refractivity contribution in [1.29, 1.82) is 0 Å². The van der Waals surface area contributed by atoms with Crippen LogP contribution in [-0.2, 0) is 32.0 Å². The van der Waals surface area contributed by atoms with Crippen LogP contribution in [0, 0.1) is 0 Å². The first-order chi connectivity index (χ1) is 21.1. The van der Waals surface area contributed by atoms with E-state index in [1.165, 1.54) is 12.5 Å². The third-order valence-corrected chi connectivity index (χ3v) is 7.52. The van der Waals surface area contributed by atoms with Gasteiger partial charge in [-0.1, -0.05) is 18.2 Å². The zero-order valence-electron chi connectivity index (χ0n) is 24.4. The summed E-state index contributed by atoms with van der Waals surface area (Å²) >= 11 is 1.55. The summed E-state index contributed by atoms with van der Waals surface area (Å²) in [5.74, 6) is -2.57. The van der Waals surface area contributed by atoms with Crippen molar-refractivity contribution in [1.82, 2.24) is 30.9 Å². The monoisotopic (exact) mass is 628 g/mol. The minimum atomic E-state index is -1.26. The number of thioether (sulfide) groups is 1. The molecule has 4 unspecified atom stereocenters. The summed E-state index contributed by atoms with van der Waals surface area (Å²) < 4.78 is 0. The molecule has 0 aliphatic rings. The van der Waals surface area contributed by atoms with Gasteiger partial charge in [0.2, 0.25) is 17.7 Å². The van der Waals surface area contributed by atoms with E-state index in [2.05, 4.69) is 35.9 Å². The molecular formula is C28H40N10O5S. The van der Waals surface area contributed by atoms with Crippen molar-refractivity contribution < 1.29 is 24.3 Å². The molecular weight excluding hydrogens is 588 g/mol. The van der Waals surface area contributed by atoms with E-state index in [0.29, 0.717) is 24.3 Å². The van der Waals surface area contributed by atoms with E-state index in [4.69, 9.17) is 17.2 Å². The number of fused-ring (bicyclic) bond motifs is 1. The highest BCUT2D eigenvalue weighted by Gasteiger charge is 2.31. The lowest BCUT2D eigenvalue weighted by molar-refractivity contribution is -0.142. The number of rotatable bonds is 18. The molecule has 0 fully saturated rings. The van der Waals surface area contributed by atoms with Crippen LogP contribution in [0.2, 0.25) is 0 Å². The number of benzene rings is 1. The van der Waals surface area contributed by atoms with Gasteiger partial charge in [0.25, 0.3) is 0 Å². The number of carbonyl (C=O) groups is 4. The Labute approximate surface area is 258 Å². The van der Waals surface area contributed by atoms with Crippen LogP contribution in [0.5, 0.6) is 0 Å². The molecule has 0 spiro atoms. The van der Waals surface area contributed by atoms with E-state index in [9.17, 15) is 24.3 Å². The van der Waals surface area contributed by atoms with Crippen LogP contribution in [0.25, 0.3) is 10.9 Å². The van der Waals surface area contributed by atoms with Gasteiger partial charge in [-0.2, -0.15) is 11.8 Å². The predicted octanol–water partition coefficient (Wildman–Crippen LogP) is -0.651. The SMILES string of the molecule is CSCCC(N)C(=O)NC(Cc1c[nH]c2ccccc12)C(=O)NC(Cc1cnc[nH]1)C(=O)NC(CCCN=C(N)N)C(=O)O. The van der Waals surface area contributed by atoms with Crippen molar-refractivity contribution in [3.8, 4) is 0 Å². The summed E-state index contributed by atoms with van der Waals surface area (Å²) in [5.41, 5.74) is 18.9. The normalized spacial score (nSPS) is 13.8. The van der Waals surface area contributed by atoms with Gasteiger partial charge in [-0.15, -0.1) is 0 Å². The van der Waals surface area contributed by atoms with Crippen molar-refractivity contribution >= 4 is 52.3 Å². The zero-order valence-corrected chi connectivity index (χ0v) is 25.2. The molecule has 3 aromatic rings. The molecule has 2 aromatic heterocycles. The Hall–Kier alpha value is -4.57. The molecule has 15 nitrogen and oxygen atoms in total. The van der Waals surface area contributed by atoms with Gasteiger partial charge in [-0.3, -0.25) is 19.4 Å². The molecule has 0 saturated heterocycles. The van der Waals surface area contributed by atoms with Crippen molar-refractivity contribution in [2.45, 2.75) is 56.3 Å². The molecule has 12 N–H and O–H groups in total. The van der Waals surface area contributed by atoms with Gasteiger partial charge in [-0.05, 0) is 42.9 Å². The summed E-state index contributed by atoms with van der Waals surface area (Å²) in [6.07, 6.45) is 7.44. The quantitative estimate of drug-likeness (QED) is 0.0488. The number of nitrogens with one attached hydrogen (secondary N) is 5. The Balaban J connectivity index is 1.82. The number of aliphatic carboxylic acids is 1. The molecule has 0 aliphatic heterocycles. The highest BCUT2D eigenvalue weighted by atomic mass is 32.2. The first kappa shape index (κ1) is 33.9. The summed E-state index contributed by atoms with van der Waals surface area (Å²) in [6.45, 7) is 0.185. The number of aliphatic imine (C=N–C) groups is 1. The molecule has 0 bridgehead atoms. The van der Waals surface area contributed by atoms with Crippen molar-refractivity contribution in [3.05, 3.63) is 54.2 Å². The van der Waals surface area contributed by atoms with Crippen molar-refractivity contribution in [2.24, 2.45) is 22.2 Å². The molecule has 3 rings (SSSR count). The maximum atomic E-state index is 13.8. The lowest BCUT2D eigenvalue weighted by atomic mass is 10.0.